The molecule has 21 rings (SSSR count). The van der Waals surface area contributed by atoms with E-state index < -0.39 is 6.71 Å². The minimum Gasteiger partial charge on any atom is -0.466 e. The highest BCUT2D eigenvalue weighted by atomic mass is 16.3. The third-order valence-electron chi connectivity index (χ3n) is 21.9. The molecule has 0 saturated heterocycles. The highest BCUT2D eigenvalue weighted by Gasteiger charge is 2.49. The van der Waals surface area contributed by atoms with E-state index in [1.807, 2.05) is 0 Å². The fourth-order valence-corrected chi connectivity index (χ4v) is 17.4. The number of aromatic nitrogens is 1. The largest absolute Gasteiger partial charge is 0.466 e. The number of furan rings is 1. The lowest BCUT2D eigenvalue weighted by molar-refractivity contribution is 0.651. The fraction of sp³-hybridized carbons (Fsp3) is 0. The number of hydrogen-bond donors (Lipinski definition) is 0. The molecule has 6 heteroatoms. The van der Waals surface area contributed by atoms with Gasteiger partial charge in [0, 0.05) is 72.5 Å². The molecular formula is C100H65BN4O. The van der Waals surface area contributed by atoms with Gasteiger partial charge in [-0.2, -0.15) is 0 Å². The van der Waals surface area contributed by atoms with Crippen LogP contribution in [0.25, 0.3) is 127 Å². The second kappa shape index (κ2) is 25.0. The van der Waals surface area contributed by atoms with Crippen molar-refractivity contribution in [3.8, 4) is 72.4 Å². The Hall–Kier alpha value is -13.9. The van der Waals surface area contributed by atoms with Crippen molar-refractivity contribution in [1.82, 2.24) is 4.57 Å². The van der Waals surface area contributed by atoms with Crippen LogP contribution in [-0.2, 0) is 0 Å². The Morgan fingerprint density at radius 1 is 0.274 bits per heavy atom. The zero-order valence-electron chi connectivity index (χ0n) is 57.8. The number of para-hydroxylation sites is 7. The summed E-state index contributed by atoms with van der Waals surface area (Å²) in [5, 5.41) is 8.22. The molecule has 0 amide bonds. The number of rotatable bonds is 12. The van der Waals surface area contributed by atoms with Crippen molar-refractivity contribution in [2.24, 2.45) is 0 Å². The Bertz CT molecular complexity index is 6390. The maximum atomic E-state index is 8.28. The summed E-state index contributed by atoms with van der Waals surface area (Å²) in [4.78, 5) is 7.64. The van der Waals surface area contributed by atoms with Crippen LogP contribution in [0.1, 0.15) is 0 Å². The van der Waals surface area contributed by atoms with Gasteiger partial charge in [-0.1, -0.05) is 309 Å². The minimum absolute atomic E-state index is 0.465. The number of anilines is 9. The van der Waals surface area contributed by atoms with Gasteiger partial charge in [-0.05, 0) is 162 Å². The molecule has 19 aromatic rings. The molecule has 0 N–H and O–H groups in total. The lowest BCUT2D eigenvalue weighted by Gasteiger charge is -2.44. The Balaban J connectivity index is 0.951. The maximum absolute atomic E-state index is 8.28. The van der Waals surface area contributed by atoms with Gasteiger partial charge in [-0.25, -0.2) is 0 Å². The van der Waals surface area contributed by atoms with Gasteiger partial charge in [0.25, 0.3) is 6.71 Å². The summed E-state index contributed by atoms with van der Waals surface area (Å²) in [6.07, 6.45) is 0. The molecular weight excluding hydrogens is 1280 g/mol. The first-order valence-corrected chi connectivity index (χ1v) is 36.5. The summed E-state index contributed by atoms with van der Waals surface area (Å²) in [5.41, 5.74) is 29.6. The molecule has 0 spiro atoms. The summed E-state index contributed by atoms with van der Waals surface area (Å²) in [5.74, 6) is 0. The summed E-state index contributed by atoms with van der Waals surface area (Å²) in [7, 11) is 0. The average Bonchev–Trinajstić information content (AvgIpc) is 1.28. The molecule has 2 aliphatic heterocycles. The van der Waals surface area contributed by atoms with E-state index in [1.54, 1.807) is 0 Å². The topological polar surface area (TPSA) is 27.8 Å². The van der Waals surface area contributed by atoms with Crippen molar-refractivity contribution in [3.05, 3.63) is 394 Å². The second-order valence-electron chi connectivity index (χ2n) is 27.8. The predicted octanol–water partition coefficient (Wildman–Crippen LogP) is 25.4. The standard InChI is InChI=1S/C100H65BN4O/c1-7-31-66(32-8-1)80-51-28-52-81(67-33-9-2-10-34-67)96(80)104-91-65-77(103-88-56-25-23-49-84(88)85-50-24-26-57-89(85)103)59-60-87(91)101-95-92(104)63-74(70-41-27-42-73(61-70)94-78-47-21-19-39-71(78)62-72-40-20-22-48-79(72)94)64-93(95)105(97-82(68-35-11-3-12-36-68)53-29-54-83(97)69-37-13-4-14-38-69)98-86-55-30-58-90(99(86)106-100(98)101)102(75-43-15-5-16-44-75)76-45-17-6-18-46-76/h1-65H. The normalized spacial score (nSPS) is 12.3. The van der Waals surface area contributed by atoms with Crippen molar-refractivity contribution in [2.75, 3.05) is 14.7 Å². The van der Waals surface area contributed by atoms with E-state index in [4.69, 9.17) is 4.42 Å². The smallest absolute Gasteiger partial charge is 0.297 e. The Kier molecular flexibility index (Phi) is 14.3. The Morgan fingerprint density at radius 2 is 0.689 bits per heavy atom. The summed E-state index contributed by atoms with van der Waals surface area (Å²) in [6, 6.07) is 145. The zero-order chi connectivity index (χ0) is 69.8. The summed E-state index contributed by atoms with van der Waals surface area (Å²) >= 11 is 0. The van der Waals surface area contributed by atoms with Gasteiger partial charge in [-0.3, -0.25) is 0 Å². The lowest BCUT2D eigenvalue weighted by Crippen LogP contribution is -2.61. The van der Waals surface area contributed by atoms with Crippen LogP contribution in [0.3, 0.4) is 0 Å². The minimum atomic E-state index is -0.465. The molecule has 494 valence electrons. The number of fused-ring (bicyclic) bond motifs is 11. The summed E-state index contributed by atoms with van der Waals surface area (Å²) in [6.45, 7) is -0.465. The Labute approximate surface area is 615 Å². The third-order valence-corrected chi connectivity index (χ3v) is 21.9. The highest BCUT2D eigenvalue weighted by Crippen LogP contribution is 2.56. The molecule has 0 aliphatic carbocycles. The van der Waals surface area contributed by atoms with E-state index in [0.29, 0.717) is 0 Å². The van der Waals surface area contributed by atoms with Crippen LogP contribution in [0.15, 0.2) is 399 Å². The zero-order valence-corrected chi connectivity index (χ0v) is 57.8. The fourth-order valence-electron chi connectivity index (χ4n) is 17.4. The molecule has 4 heterocycles. The van der Waals surface area contributed by atoms with Crippen LogP contribution in [-0.4, -0.2) is 11.3 Å². The van der Waals surface area contributed by atoms with Crippen LogP contribution in [0.2, 0.25) is 0 Å². The number of nitrogens with zero attached hydrogens (tertiary/aromatic N) is 4. The molecule has 106 heavy (non-hydrogen) atoms. The highest BCUT2D eigenvalue weighted by molar-refractivity contribution is 7.00. The molecule has 2 aromatic heterocycles. The Morgan fingerprint density at radius 3 is 1.22 bits per heavy atom. The van der Waals surface area contributed by atoms with Crippen molar-refractivity contribution in [1.29, 1.82) is 0 Å². The maximum Gasteiger partial charge on any atom is 0.297 e. The first kappa shape index (κ1) is 60.8. The molecule has 0 bridgehead atoms. The monoisotopic (exact) mass is 1350 g/mol. The van der Waals surface area contributed by atoms with Gasteiger partial charge in [0.1, 0.15) is 0 Å². The molecule has 0 fully saturated rings. The predicted molar refractivity (Wildman–Crippen MR) is 447 cm³/mol. The molecule has 17 aromatic carbocycles. The quantitative estimate of drug-likeness (QED) is 0.0900. The first-order valence-electron chi connectivity index (χ1n) is 36.5. The van der Waals surface area contributed by atoms with E-state index >= 15 is 0 Å². The van der Waals surface area contributed by atoms with Crippen LogP contribution in [0, 0.1) is 0 Å². The first-order chi connectivity index (χ1) is 52.6. The lowest BCUT2D eigenvalue weighted by atomic mass is 9.35. The van der Waals surface area contributed by atoms with E-state index in [9.17, 15) is 0 Å². The second-order valence-corrected chi connectivity index (χ2v) is 27.8. The van der Waals surface area contributed by atoms with E-state index in [1.165, 1.54) is 37.9 Å². The van der Waals surface area contributed by atoms with Crippen LogP contribution in [0.5, 0.6) is 0 Å². The van der Waals surface area contributed by atoms with Gasteiger partial charge in [0.05, 0.1) is 39.4 Å². The molecule has 5 nitrogen and oxygen atoms in total. The van der Waals surface area contributed by atoms with Gasteiger partial charge < -0.3 is 23.7 Å². The van der Waals surface area contributed by atoms with Crippen LogP contribution >= 0.6 is 0 Å². The van der Waals surface area contributed by atoms with Crippen LogP contribution in [0.4, 0.5) is 51.2 Å². The van der Waals surface area contributed by atoms with Crippen molar-refractivity contribution in [2.45, 2.75) is 0 Å². The van der Waals surface area contributed by atoms with Gasteiger partial charge >= 0.3 is 0 Å². The SMILES string of the molecule is c1ccc(-c2cccc(-c3ccccc3)c2N2c3cc(-n4c5ccccc5c5ccccc54)ccc3B3c4oc5c(N(c6ccccc6)c6ccccc6)cccc5c4N(c4c(-c5ccccc5)cccc4-c4ccccc4)c4cc(-c5cccc(-c6c7ccccc7cc7ccccc67)c5)cc2c43)cc1. The van der Waals surface area contributed by atoms with Gasteiger partial charge in [-0.15, -0.1) is 0 Å². The molecule has 0 atom stereocenters. The van der Waals surface area contributed by atoms with E-state index in [-0.39, 0.29) is 0 Å². The molecule has 0 radical (unpaired) electrons. The van der Waals surface area contributed by atoms with Crippen molar-refractivity contribution < 1.29 is 4.42 Å². The third kappa shape index (κ3) is 9.72. The summed E-state index contributed by atoms with van der Waals surface area (Å²) < 4.78 is 10.8. The average molecular weight is 1350 g/mol. The van der Waals surface area contributed by atoms with Gasteiger partial charge in [0.2, 0.25) is 0 Å². The van der Waals surface area contributed by atoms with Gasteiger partial charge in [0.15, 0.2) is 5.58 Å². The van der Waals surface area contributed by atoms with E-state index in [2.05, 4.69) is 414 Å². The van der Waals surface area contributed by atoms with Crippen molar-refractivity contribution in [3.63, 3.8) is 0 Å². The molecule has 0 unspecified atom stereocenters. The van der Waals surface area contributed by atoms with Crippen molar-refractivity contribution >= 4 is 129 Å². The number of benzene rings is 17. The molecule has 2 aliphatic rings. The molecule has 0 saturated carbocycles. The van der Waals surface area contributed by atoms with Crippen LogP contribution < -0.4 is 31.3 Å². The number of hydrogen-bond acceptors (Lipinski definition) is 4. The van der Waals surface area contributed by atoms with E-state index in [0.717, 1.165) is 157 Å².